The second kappa shape index (κ2) is 8.71. The molecule has 7 nitrogen and oxygen atoms in total. The fourth-order valence-electron chi connectivity index (χ4n) is 3.43. The van der Waals surface area contributed by atoms with Crippen LogP contribution in [0.2, 0.25) is 0 Å². The van der Waals surface area contributed by atoms with Crippen LogP contribution in [0.4, 0.5) is 0 Å². The first kappa shape index (κ1) is 19.5. The monoisotopic (exact) mass is 439 g/mol. The lowest BCUT2D eigenvalue weighted by molar-refractivity contribution is 0.0953. The van der Waals surface area contributed by atoms with E-state index >= 15 is 0 Å². The molecule has 1 fully saturated rings. The van der Waals surface area contributed by atoms with Crippen LogP contribution in [0.1, 0.15) is 30.8 Å². The molecule has 0 amide bonds. The fraction of sp³-hybridized carbons (Fsp3) is 0.333. The second-order valence-electron chi connectivity index (χ2n) is 7.11. The van der Waals surface area contributed by atoms with Crippen molar-refractivity contribution in [2.75, 3.05) is 6.61 Å². The zero-order chi connectivity index (χ0) is 20.3. The number of hydrogen-bond donors (Lipinski definition) is 0. The van der Waals surface area contributed by atoms with Gasteiger partial charge in [0.25, 0.3) is 5.89 Å². The Bertz CT molecular complexity index is 1090. The first-order chi connectivity index (χ1) is 14.8. The Morgan fingerprint density at radius 3 is 2.87 bits per heavy atom. The van der Waals surface area contributed by atoms with Crippen LogP contribution in [0.25, 0.3) is 22.2 Å². The highest BCUT2D eigenvalue weighted by atomic mass is 32.2. The maximum absolute atomic E-state index is 5.87. The van der Waals surface area contributed by atoms with Crippen LogP contribution >= 0.6 is 23.1 Å². The molecule has 30 heavy (non-hydrogen) atoms. The highest BCUT2D eigenvalue weighted by molar-refractivity contribution is 7.99. The molecule has 0 aliphatic carbocycles. The van der Waals surface area contributed by atoms with Crippen LogP contribution < -0.4 is 0 Å². The van der Waals surface area contributed by atoms with Gasteiger partial charge in [0.15, 0.2) is 16.8 Å². The van der Waals surface area contributed by atoms with Crippen molar-refractivity contribution in [2.24, 2.45) is 0 Å². The van der Waals surface area contributed by atoms with E-state index in [1.54, 1.807) is 23.1 Å². The van der Waals surface area contributed by atoms with Crippen molar-refractivity contribution in [3.63, 3.8) is 0 Å². The van der Waals surface area contributed by atoms with Crippen molar-refractivity contribution in [3.8, 4) is 22.2 Å². The van der Waals surface area contributed by atoms with Gasteiger partial charge in [0.1, 0.15) is 0 Å². The third-order valence-corrected chi connectivity index (χ3v) is 6.92. The summed E-state index contributed by atoms with van der Waals surface area (Å²) in [5.74, 6) is 2.05. The van der Waals surface area contributed by atoms with Gasteiger partial charge in [0, 0.05) is 12.2 Å². The molecule has 9 heteroatoms. The third-order valence-electron chi connectivity index (χ3n) is 4.98. The van der Waals surface area contributed by atoms with Crippen LogP contribution in [0.5, 0.6) is 0 Å². The largest absolute Gasteiger partial charge is 0.376 e. The molecule has 0 saturated carbocycles. The van der Waals surface area contributed by atoms with Gasteiger partial charge in [-0.15, -0.1) is 21.5 Å². The molecule has 0 unspecified atom stereocenters. The smallest absolute Gasteiger partial charge is 0.257 e. The van der Waals surface area contributed by atoms with E-state index in [0.29, 0.717) is 11.7 Å². The molecule has 0 bridgehead atoms. The zero-order valence-electron chi connectivity index (χ0n) is 16.5. The van der Waals surface area contributed by atoms with Crippen molar-refractivity contribution in [3.05, 3.63) is 53.7 Å². The van der Waals surface area contributed by atoms with Crippen molar-refractivity contribution in [1.82, 2.24) is 24.9 Å². The van der Waals surface area contributed by atoms with E-state index in [9.17, 15) is 0 Å². The minimum Gasteiger partial charge on any atom is -0.376 e. The molecular formula is C21H21N5O2S2. The van der Waals surface area contributed by atoms with Crippen LogP contribution in [0.3, 0.4) is 0 Å². The summed E-state index contributed by atoms with van der Waals surface area (Å²) in [6.45, 7) is 3.63. The summed E-state index contributed by atoms with van der Waals surface area (Å²) >= 11 is 3.25. The fourth-order valence-corrected chi connectivity index (χ4v) is 5.04. The molecule has 4 heterocycles. The number of thioether (sulfide) groups is 1. The number of nitrogens with zero attached hydrogens (tertiary/aromatic N) is 5. The Labute approximate surface area is 182 Å². The summed E-state index contributed by atoms with van der Waals surface area (Å²) in [6.07, 6.45) is 2.36. The first-order valence-corrected chi connectivity index (χ1v) is 11.7. The predicted octanol–water partition coefficient (Wildman–Crippen LogP) is 5.09. The summed E-state index contributed by atoms with van der Waals surface area (Å²) in [6, 6.07) is 13.9. The van der Waals surface area contributed by atoms with Crippen LogP contribution in [-0.4, -0.2) is 37.6 Å². The van der Waals surface area contributed by atoms with E-state index in [-0.39, 0.29) is 11.4 Å². The van der Waals surface area contributed by atoms with E-state index < -0.39 is 0 Å². The Kier molecular flexibility index (Phi) is 5.65. The maximum atomic E-state index is 5.87. The minimum atomic E-state index is -0.0326. The summed E-state index contributed by atoms with van der Waals surface area (Å²) < 4.78 is 13.5. The zero-order valence-corrected chi connectivity index (χ0v) is 18.1. The second-order valence-corrected chi connectivity index (χ2v) is 9.37. The van der Waals surface area contributed by atoms with E-state index in [0.717, 1.165) is 47.4 Å². The Hall–Kier alpha value is -2.49. The first-order valence-electron chi connectivity index (χ1n) is 9.92. The minimum absolute atomic E-state index is 0.0326. The van der Waals surface area contributed by atoms with Crippen molar-refractivity contribution in [1.29, 1.82) is 0 Å². The number of rotatable bonds is 7. The van der Waals surface area contributed by atoms with Crippen LogP contribution in [0, 0.1) is 0 Å². The SMILES string of the molecule is C[C@H](Sc1nnc(-c2cccs2)n1C[C@@H]1CCCO1)c1noc(-c2ccccc2)n1. The van der Waals surface area contributed by atoms with Gasteiger partial charge in [-0.25, -0.2) is 0 Å². The average molecular weight is 440 g/mol. The van der Waals surface area contributed by atoms with Gasteiger partial charge in [0.2, 0.25) is 0 Å². The molecule has 1 aliphatic rings. The molecule has 3 aromatic heterocycles. The number of benzene rings is 1. The molecule has 0 radical (unpaired) electrons. The van der Waals surface area contributed by atoms with Gasteiger partial charge in [-0.05, 0) is 43.3 Å². The highest BCUT2D eigenvalue weighted by Crippen LogP contribution is 2.36. The molecule has 5 rings (SSSR count). The third kappa shape index (κ3) is 4.05. The van der Waals surface area contributed by atoms with Crippen molar-refractivity contribution < 1.29 is 9.26 Å². The normalized spacial score (nSPS) is 17.4. The van der Waals surface area contributed by atoms with E-state index in [4.69, 9.17) is 9.26 Å². The van der Waals surface area contributed by atoms with Crippen LogP contribution in [0.15, 0.2) is 57.5 Å². The summed E-state index contributed by atoms with van der Waals surface area (Å²) in [4.78, 5) is 5.69. The standard InChI is InChI=1S/C21H21N5O2S2/c1-14(18-22-20(28-25-18)15-7-3-2-4-8-15)30-21-24-23-19(17-10-6-12-29-17)26(21)13-16-9-5-11-27-16/h2-4,6-8,10,12,14,16H,5,9,11,13H2,1H3/t14-,16-/m0/s1. The molecular weight excluding hydrogens is 418 g/mol. The van der Waals surface area contributed by atoms with Gasteiger partial charge < -0.3 is 9.26 Å². The highest BCUT2D eigenvalue weighted by Gasteiger charge is 2.25. The Morgan fingerprint density at radius 1 is 1.20 bits per heavy atom. The molecule has 0 N–H and O–H groups in total. The Morgan fingerprint density at radius 2 is 2.10 bits per heavy atom. The molecule has 1 aromatic carbocycles. The number of aromatic nitrogens is 5. The molecule has 1 saturated heterocycles. The lowest BCUT2D eigenvalue weighted by Gasteiger charge is -2.15. The van der Waals surface area contributed by atoms with Gasteiger partial charge in [-0.3, -0.25) is 4.57 Å². The van der Waals surface area contributed by atoms with E-state index in [1.807, 2.05) is 36.4 Å². The van der Waals surface area contributed by atoms with Crippen molar-refractivity contribution in [2.45, 2.75) is 42.8 Å². The van der Waals surface area contributed by atoms with Gasteiger partial charge in [-0.1, -0.05) is 41.2 Å². The quantitative estimate of drug-likeness (QED) is 0.371. The van der Waals surface area contributed by atoms with Crippen LogP contribution in [-0.2, 0) is 11.3 Å². The molecule has 2 atom stereocenters. The maximum Gasteiger partial charge on any atom is 0.257 e. The van der Waals surface area contributed by atoms with E-state index in [2.05, 4.69) is 43.3 Å². The molecule has 154 valence electrons. The molecule has 1 aliphatic heterocycles. The lowest BCUT2D eigenvalue weighted by Crippen LogP contribution is -2.16. The average Bonchev–Trinajstić information content (AvgIpc) is 3.57. The summed E-state index contributed by atoms with van der Waals surface area (Å²) in [7, 11) is 0. The van der Waals surface area contributed by atoms with Gasteiger partial charge >= 0.3 is 0 Å². The predicted molar refractivity (Wildman–Crippen MR) is 116 cm³/mol. The van der Waals surface area contributed by atoms with Gasteiger partial charge in [0.05, 0.1) is 22.8 Å². The summed E-state index contributed by atoms with van der Waals surface area (Å²) in [5, 5.41) is 16.0. The molecule has 4 aromatic rings. The molecule has 0 spiro atoms. The van der Waals surface area contributed by atoms with Crippen molar-refractivity contribution >= 4 is 23.1 Å². The lowest BCUT2D eigenvalue weighted by atomic mass is 10.2. The Balaban J connectivity index is 1.39. The number of hydrogen-bond acceptors (Lipinski definition) is 8. The van der Waals surface area contributed by atoms with E-state index in [1.165, 1.54) is 0 Å². The number of ether oxygens (including phenoxy) is 1. The summed E-state index contributed by atoms with van der Waals surface area (Å²) in [5.41, 5.74) is 0.912. The van der Waals surface area contributed by atoms with Gasteiger partial charge in [-0.2, -0.15) is 4.98 Å². The number of thiophene rings is 1. The topological polar surface area (TPSA) is 78.9 Å².